The van der Waals surface area contributed by atoms with Gasteiger partial charge in [0.2, 0.25) is 5.91 Å². The van der Waals surface area contributed by atoms with Crippen LogP contribution in [0.25, 0.3) is 0 Å². The highest BCUT2D eigenvalue weighted by Crippen LogP contribution is 2.36. The zero-order valence-electron chi connectivity index (χ0n) is 15.9. The van der Waals surface area contributed by atoms with Crippen LogP contribution >= 0.6 is 0 Å². The maximum atomic E-state index is 13.6. The second-order valence-corrected chi connectivity index (χ2v) is 6.87. The highest BCUT2D eigenvalue weighted by molar-refractivity contribution is 6.00. The number of fused-ring (bicyclic) bond motifs is 1. The van der Waals surface area contributed by atoms with Gasteiger partial charge >= 0.3 is 5.97 Å². The van der Waals surface area contributed by atoms with Gasteiger partial charge in [0.05, 0.1) is 11.6 Å². The highest BCUT2D eigenvalue weighted by Gasteiger charge is 2.36. The molecule has 0 aliphatic carbocycles. The Labute approximate surface area is 171 Å². The molecule has 1 fully saturated rings. The summed E-state index contributed by atoms with van der Waals surface area (Å²) >= 11 is 0. The number of para-hydroxylation sites is 1. The van der Waals surface area contributed by atoms with Crippen molar-refractivity contribution in [3.05, 3.63) is 48.3 Å². The van der Waals surface area contributed by atoms with Crippen LogP contribution in [0.15, 0.2) is 42.5 Å². The van der Waals surface area contributed by atoms with E-state index in [-0.39, 0.29) is 24.6 Å². The first kappa shape index (κ1) is 19.7. The van der Waals surface area contributed by atoms with E-state index in [1.54, 1.807) is 24.3 Å². The van der Waals surface area contributed by atoms with Crippen molar-refractivity contribution in [2.75, 3.05) is 36.6 Å². The van der Waals surface area contributed by atoms with Crippen LogP contribution in [-0.2, 0) is 19.1 Å². The highest BCUT2D eigenvalue weighted by atomic mass is 19.1. The van der Waals surface area contributed by atoms with E-state index in [0.29, 0.717) is 30.4 Å². The van der Waals surface area contributed by atoms with Crippen LogP contribution in [0.3, 0.4) is 0 Å². The lowest BCUT2D eigenvalue weighted by atomic mass is 10.1. The second kappa shape index (κ2) is 8.40. The third kappa shape index (κ3) is 4.19. The van der Waals surface area contributed by atoms with Gasteiger partial charge in [-0.2, -0.15) is 0 Å². The molecule has 0 spiro atoms. The Kier molecular flexibility index (Phi) is 5.51. The number of hydrogen-bond acceptors (Lipinski definition) is 6. The van der Waals surface area contributed by atoms with Crippen LogP contribution < -0.4 is 19.7 Å². The molecule has 2 aliphatic heterocycles. The van der Waals surface area contributed by atoms with Crippen molar-refractivity contribution in [3.8, 4) is 11.5 Å². The molecule has 2 amide bonds. The van der Waals surface area contributed by atoms with Gasteiger partial charge in [-0.1, -0.05) is 12.1 Å². The largest absolute Gasteiger partial charge is 0.486 e. The van der Waals surface area contributed by atoms with Gasteiger partial charge in [-0.25, -0.2) is 4.39 Å². The SMILES string of the molecule is O=C(COC(=O)[C@H]1CC(=O)N(c2ccc3c(c2)OCCO3)C1)Nc1ccccc1F. The zero-order valence-corrected chi connectivity index (χ0v) is 15.9. The number of halogens is 1. The molecule has 2 aromatic rings. The minimum atomic E-state index is -0.702. The molecular weight excluding hydrogens is 395 g/mol. The molecule has 0 bridgehead atoms. The minimum absolute atomic E-state index is 0.000577. The number of hydrogen-bond donors (Lipinski definition) is 1. The lowest BCUT2D eigenvalue weighted by Crippen LogP contribution is -2.28. The second-order valence-electron chi connectivity index (χ2n) is 6.87. The fraction of sp³-hybridized carbons (Fsp3) is 0.286. The molecular formula is C21H19FN2O6. The number of ether oxygens (including phenoxy) is 3. The predicted molar refractivity (Wildman–Crippen MR) is 104 cm³/mol. The molecule has 2 aromatic carbocycles. The molecule has 30 heavy (non-hydrogen) atoms. The number of nitrogens with one attached hydrogen (secondary N) is 1. The molecule has 1 atom stereocenters. The van der Waals surface area contributed by atoms with Crippen LogP contribution in [-0.4, -0.2) is 44.1 Å². The quantitative estimate of drug-likeness (QED) is 0.754. The molecule has 0 radical (unpaired) electrons. The summed E-state index contributed by atoms with van der Waals surface area (Å²) in [6.07, 6.45) is -0.0256. The van der Waals surface area contributed by atoms with Crippen molar-refractivity contribution in [2.24, 2.45) is 5.92 Å². The van der Waals surface area contributed by atoms with Crippen molar-refractivity contribution in [3.63, 3.8) is 0 Å². The Morgan fingerprint density at radius 1 is 1.13 bits per heavy atom. The number of carbonyl (C=O) groups excluding carboxylic acids is 3. The van der Waals surface area contributed by atoms with E-state index in [1.807, 2.05) is 0 Å². The Hall–Kier alpha value is -3.62. The lowest BCUT2D eigenvalue weighted by molar-refractivity contribution is -0.151. The summed E-state index contributed by atoms with van der Waals surface area (Å²) in [4.78, 5) is 38.1. The number of rotatable bonds is 5. The van der Waals surface area contributed by atoms with E-state index in [1.165, 1.54) is 23.1 Å². The van der Waals surface area contributed by atoms with Gasteiger partial charge in [0, 0.05) is 24.7 Å². The Morgan fingerprint density at radius 3 is 2.70 bits per heavy atom. The van der Waals surface area contributed by atoms with Gasteiger partial charge < -0.3 is 24.4 Å². The molecule has 9 heteroatoms. The van der Waals surface area contributed by atoms with Gasteiger partial charge in [-0.3, -0.25) is 14.4 Å². The Balaban J connectivity index is 1.33. The van der Waals surface area contributed by atoms with Crippen molar-refractivity contribution in [1.29, 1.82) is 0 Å². The van der Waals surface area contributed by atoms with Crippen LogP contribution in [0.4, 0.5) is 15.8 Å². The number of nitrogens with zero attached hydrogens (tertiary/aromatic N) is 1. The maximum Gasteiger partial charge on any atom is 0.311 e. The first-order chi connectivity index (χ1) is 14.5. The molecule has 2 heterocycles. The fourth-order valence-electron chi connectivity index (χ4n) is 3.32. The number of esters is 1. The van der Waals surface area contributed by atoms with Crippen molar-refractivity contribution in [1.82, 2.24) is 0 Å². The van der Waals surface area contributed by atoms with Crippen LogP contribution in [0.1, 0.15) is 6.42 Å². The molecule has 156 valence electrons. The van der Waals surface area contributed by atoms with Crippen LogP contribution in [0, 0.1) is 11.7 Å². The summed E-state index contributed by atoms with van der Waals surface area (Å²) < 4.78 is 29.6. The Bertz CT molecular complexity index is 995. The minimum Gasteiger partial charge on any atom is -0.486 e. The molecule has 4 rings (SSSR count). The lowest BCUT2D eigenvalue weighted by Gasteiger charge is -2.22. The molecule has 0 unspecified atom stereocenters. The van der Waals surface area contributed by atoms with Crippen molar-refractivity contribution < 1.29 is 33.0 Å². The normalized spacial score (nSPS) is 17.6. The van der Waals surface area contributed by atoms with E-state index < -0.39 is 30.2 Å². The van der Waals surface area contributed by atoms with Gasteiger partial charge in [-0.05, 0) is 24.3 Å². The van der Waals surface area contributed by atoms with Gasteiger partial charge in [0.1, 0.15) is 19.0 Å². The van der Waals surface area contributed by atoms with Crippen molar-refractivity contribution >= 4 is 29.2 Å². The molecule has 0 saturated carbocycles. The van der Waals surface area contributed by atoms with E-state index in [4.69, 9.17) is 14.2 Å². The average molecular weight is 414 g/mol. The smallest absolute Gasteiger partial charge is 0.311 e. The molecule has 1 N–H and O–H groups in total. The van der Waals surface area contributed by atoms with Crippen LogP contribution in [0.2, 0.25) is 0 Å². The van der Waals surface area contributed by atoms with Gasteiger partial charge in [-0.15, -0.1) is 0 Å². The number of benzene rings is 2. The standard InChI is InChI=1S/C21H19FN2O6/c22-15-3-1-2-4-16(15)23-19(25)12-30-21(27)13-9-20(26)24(11-13)14-5-6-17-18(10-14)29-8-7-28-17/h1-6,10,13H,7-9,11-12H2,(H,23,25)/t13-/m0/s1. The third-order valence-corrected chi connectivity index (χ3v) is 4.79. The summed E-state index contributed by atoms with van der Waals surface area (Å²) in [6.45, 7) is 0.454. The first-order valence-electron chi connectivity index (χ1n) is 9.42. The summed E-state index contributed by atoms with van der Waals surface area (Å²) in [5.41, 5.74) is 0.594. The Morgan fingerprint density at radius 2 is 1.90 bits per heavy atom. The summed E-state index contributed by atoms with van der Waals surface area (Å²) in [6, 6.07) is 10.8. The first-order valence-corrected chi connectivity index (χ1v) is 9.42. The summed E-state index contributed by atoms with van der Waals surface area (Å²) in [7, 11) is 0. The summed E-state index contributed by atoms with van der Waals surface area (Å²) in [5.74, 6) is -1.70. The number of amides is 2. The number of anilines is 2. The monoisotopic (exact) mass is 414 g/mol. The van der Waals surface area contributed by atoms with Gasteiger partial charge in [0.15, 0.2) is 18.1 Å². The zero-order chi connectivity index (χ0) is 21.1. The fourth-order valence-corrected chi connectivity index (χ4v) is 3.32. The molecule has 8 nitrogen and oxygen atoms in total. The predicted octanol–water partition coefficient (Wildman–Crippen LogP) is 2.13. The van der Waals surface area contributed by atoms with Gasteiger partial charge in [0.25, 0.3) is 5.91 Å². The van der Waals surface area contributed by atoms with Crippen LogP contribution in [0.5, 0.6) is 11.5 Å². The molecule has 1 saturated heterocycles. The number of carbonyl (C=O) groups is 3. The average Bonchev–Trinajstić information content (AvgIpc) is 3.15. The maximum absolute atomic E-state index is 13.6. The van der Waals surface area contributed by atoms with E-state index in [0.717, 1.165) is 0 Å². The van der Waals surface area contributed by atoms with E-state index in [2.05, 4.69) is 5.32 Å². The van der Waals surface area contributed by atoms with E-state index in [9.17, 15) is 18.8 Å². The molecule has 0 aromatic heterocycles. The molecule has 2 aliphatic rings. The summed E-state index contributed by atoms with van der Waals surface area (Å²) in [5, 5.41) is 2.33. The van der Waals surface area contributed by atoms with E-state index >= 15 is 0 Å². The third-order valence-electron chi connectivity index (χ3n) is 4.79. The van der Waals surface area contributed by atoms with Crippen molar-refractivity contribution in [2.45, 2.75) is 6.42 Å². The topological polar surface area (TPSA) is 94.2 Å².